The van der Waals surface area contributed by atoms with Gasteiger partial charge in [-0.2, -0.15) is 0 Å². The second-order valence-corrected chi connectivity index (χ2v) is 7.17. The van der Waals surface area contributed by atoms with Crippen LogP contribution >= 0.6 is 0 Å². The fraction of sp³-hybridized carbons (Fsp3) is 0.850. The summed E-state index contributed by atoms with van der Waals surface area (Å²) < 4.78 is 0. The molecular formula is C20H36O6. The number of hydrogen-bond acceptors (Lipinski definition) is 4. The molecule has 0 saturated carbocycles. The molecule has 6 heteroatoms. The van der Waals surface area contributed by atoms with E-state index in [0.29, 0.717) is 32.1 Å². The SMILES string of the molecule is CCCCCCC(O)(C(=O)O)C(CCCCCC)(C(=O)O)C(=O)CCC. The number of rotatable bonds is 16. The predicted octanol–water partition coefficient (Wildman–Crippen LogP) is 4.18. The van der Waals surface area contributed by atoms with Crippen molar-refractivity contribution >= 4 is 17.7 Å². The van der Waals surface area contributed by atoms with E-state index in [1.165, 1.54) is 0 Å². The number of ketones is 1. The topological polar surface area (TPSA) is 112 Å². The van der Waals surface area contributed by atoms with Gasteiger partial charge < -0.3 is 15.3 Å². The highest BCUT2D eigenvalue weighted by atomic mass is 16.4. The normalized spacial score (nSPS) is 15.8. The van der Waals surface area contributed by atoms with Gasteiger partial charge in [-0.25, -0.2) is 4.79 Å². The molecule has 0 spiro atoms. The third kappa shape index (κ3) is 5.79. The van der Waals surface area contributed by atoms with Gasteiger partial charge in [0.15, 0.2) is 16.8 Å². The molecular weight excluding hydrogens is 336 g/mol. The van der Waals surface area contributed by atoms with Crippen LogP contribution in [0.15, 0.2) is 0 Å². The number of carboxylic acid groups (broad SMARTS) is 2. The van der Waals surface area contributed by atoms with Crippen LogP contribution in [0.1, 0.15) is 97.8 Å². The van der Waals surface area contributed by atoms with Crippen LogP contribution in [0.2, 0.25) is 0 Å². The highest BCUT2D eigenvalue weighted by Gasteiger charge is 2.64. The molecule has 0 radical (unpaired) electrons. The fourth-order valence-electron chi connectivity index (χ4n) is 3.55. The lowest BCUT2D eigenvalue weighted by molar-refractivity contribution is -0.194. The maximum atomic E-state index is 12.8. The molecule has 2 atom stereocenters. The molecule has 0 rings (SSSR count). The zero-order chi connectivity index (χ0) is 20.2. The average Bonchev–Trinajstić information content (AvgIpc) is 2.58. The number of Topliss-reactive ketones (excluding diaryl/α,β-unsaturated/α-hetero) is 1. The molecule has 2 unspecified atom stereocenters. The molecule has 0 aromatic rings. The molecule has 26 heavy (non-hydrogen) atoms. The van der Waals surface area contributed by atoms with E-state index in [9.17, 15) is 29.7 Å². The summed E-state index contributed by atoms with van der Waals surface area (Å²) in [7, 11) is 0. The van der Waals surface area contributed by atoms with Crippen LogP contribution < -0.4 is 0 Å². The van der Waals surface area contributed by atoms with Crippen molar-refractivity contribution < 1.29 is 29.7 Å². The highest BCUT2D eigenvalue weighted by Crippen LogP contribution is 2.43. The Balaban J connectivity index is 5.86. The van der Waals surface area contributed by atoms with Gasteiger partial charge in [-0.15, -0.1) is 0 Å². The van der Waals surface area contributed by atoms with E-state index in [1.807, 2.05) is 13.8 Å². The van der Waals surface area contributed by atoms with Crippen molar-refractivity contribution in [2.75, 3.05) is 0 Å². The van der Waals surface area contributed by atoms with E-state index in [2.05, 4.69) is 0 Å². The summed E-state index contributed by atoms with van der Waals surface area (Å²) in [5.41, 5.74) is -4.86. The van der Waals surface area contributed by atoms with E-state index in [0.717, 1.165) is 25.7 Å². The van der Waals surface area contributed by atoms with Crippen molar-refractivity contribution in [3.8, 4) is 0 Å². The Kier molecular flexibility index (Phi) is 11.4. The molecule has 0 amide bonds. The second kappa shape index (κ2) is 12.0. The van der Waals surface area contributed by atoms with Crippen molar-refractivity contribution in [3.63, 3.8) is 0 Å². The quantitative estimate of drug-likeness (QED) is 0.277. The molecule has 6 nitrogen and oxygen atoms in total. The minimum Gasteiger partial charge on any atom is -0.480 e. The first-order valence-corrected chi connectivity index (χ1v) is 9.97. The summed E-state index contributed by atoms with van der Waals surface area (Å²) in [6.07, 6.45) is 5.78. The minimum absolute atomic E-state index is 0.0510. The molecule has 0 aromatic carbocycles. The Hall–Kier alpha value is -1.43. The fourth-order valence-corrected chi connectivity index (χ4v) is 3.55. The minimum atomic E-state index is -2.58. The van der Waals surface area contributed by atoms with Gasteiger partial charge in [-0.3, -0.25) is 9.59 Å². The smallest absolute Gasteiger partial charge is 0.337 e. The van der Waals surface area contributed by atoms with Gasteiger partial charge in [-0.1, -0.05) is 65.7 Å². The number of carbonyl (C=O) groups is 3. The van der Waals surface area contributed by atoms with Crippen LogP contribution in [-0.4, -0.2) is 38.6 Å². The van der Waals surface area contributed by atoms with Crippen molar-refractivity contribution in [1.29, 1.82) is 0 Å². The molecule has 0 fully saturated rings. The summed E-state index contributed by atoms with van der Waals surface area (Å²) in [6, 6.07) is 0. The van der Waals surface area contributed by atoms with E-state index in [4.69, 9.17) is 0 Å². The van der Waals surface area contributed by atoms with Crippen LogP contribution in [0.3, 0.4) is 0 Å². The number of aliphatic hydroxyl groups is 1. The number of unbranched alkanes of at least 4 members (excludes halogenated alkanes) is 6. The molecule has 0 heterocycles. The monoisotopic (exact) mass is 372 g/mol. The van der Waals surface area contributed by atoms with Crippen molar-refractivity contribution in [2.45, 2.75) is 103 Å². The van der Waals surface area contributed by atoms with Crippen molar-refractivity contribution in [2.24, 2.45) is 5.41 Å². The molecule has 0 bridgehead atoms. The molecule has 3 N–H and O–H groups in total. The highest BCUT2D eigenvalue weighted by molar-refractivity contribution is 6.08. The van der Waals surface area contributed by atoms with Gasteiger partial charge in [0.2, 0.25) is 0 Å². The van der Waals surface area contributed by atoms with Crippen LogP contribution in [-0.2, 0) is 14.4 Å². The van der Waals surface area contributed by atoms with Gasteiger partial charge in [0, 0.05) is 6.42 Å². The molecule has 0 aromatic heterocycles. The first kappa shape index (κ1) is 24.6. The second-order valence-electron chi connectivity index (χ2n) is 7.17. The molecule has 0 aliphatic carbocycles. The van der Waals surface area contributed by atoms with Gasteiger partial charge in [-0.05, 0) is 25.7 Å². The third-order valence-electron chi connectivity index (χ3n) is 5.18. The number of carbonyl (C=O) groups excluding carboxylic acids is 1. The van der Waals surface area contributed by atoms with Crippen LogP contribution in [0, 0.1) is 5.41 Å². The summed E-state index contributed by atoms with van der Waals surface area (Å²) in [5.74, 6) is -3.81. The average molecular weight is 373 g/mol. The summed E-state index contributed by atoms with van der Waals surface area (Å²) in [6.45, 7) is 5.75. The molecule has 0 saturated heterocycles. The summed E-state index contributed by atoms with van der Waals surface area (Å²) in [5, 5.41) is 30.7. The third-order valence-corrected chi connectivity index (χ3v) is 5.18. The molecule has 152 valence electrons. The number of carboxylic acids is 2. The predicted molar refractivity (Wildman–Crippen MR) is 100 cm³/mol. The zero-order valence-corrected chi connectivity index (χ0v) is 16.6. The maximum absolute atomic E-state index is 12.8. The van der Waals surface area contributed by atoms with Crippen LogP contribution in [0.25, 0.3) is 0 Å². The van der Waals surface area contributed by atoms with Gasteiger partial charge in [0.25, 0.3) is 0 Å². The lowest BCUT2D eigenvalue weighted by atomic mass is 9.63. The van der Waals surface area contributed by atoms with E-state index >= 15 is 0 Å². The van der Waals surface area contributed by atoms with E-state index in [1.54, 1.807) is 6.92 Å². The first-order chi connectivity index (χ1) is 12.2. The van der Waals surface area contributed by atoms with Crippen molar-refractivity contribution in [3.05, 3.63) is 0 Å². The molecule has 0 aliphatic rings. The first-order valence-electron chi connectivity index (χ1n) is 9.97. The van der Waals surface area contributed by atoms with E-state index < -0.39 is 28.7 Å². The summed E-state index contributed by atoms with van der Waals surface area (Å²) in [4.78, 5) is 37.0. The largest absolute Gasteiger partial charge is 0.480 e. The number of hydrogen-bond donors (Lipinski definition) is 3. The lowest BCUT2D eigenvalue weighted by Crippen LogP contribution is -2.62. The maximum Gasteiger partial charge on any atom is 0.337 e. The standard InChI is InChI=1S/C20H36O6/c1-4-7-9-11-14-19(17(22)23,16(21)13-6-3)20(26,18(24)25)15-12-10-8-5-2/h26H,4-15H2,1-3H3,(H,22,23)(H,24,25). The zero-order valence-electron chi connectivity index (χ0n) is 16.6. The van der Waals surface area contributed by atoms with Crippen LogP contribution in [0.4, 0.5) is 0 Å². The van der Waals surface area contributed by atoms with Crippen molar-refractivity contribution in [1.82, 2.24) is 0 Å². The Labute approximate surface area is 157 Å². The van der Waals surface area contributed by atoms with Gasteiger partial charge in [0.1, 0.15) is 0 Å². The van der Waals surface area contributed by atoms with Crippen LogP contribution in [0.5, 0.6) is 0 Å². The Morgan fingerprint density at radius 1 is 0.692 bits per heavy atom. The van der Waals surface area contributed by atoms with E-state index in [-0.39, 0.29) is 19.3 Å². The summed E-state index contributed by atoms with van der Waals surface area (Å²) >= 11 is 0. The molecule has 0 aliphatic heterocycles. The Bertz CT molecular complexity index is 461. The Morgan fingerprint density at radius 3 is 1.58 bits per heavy atom. The number of aliphatic carboxylic acids is 2. The lowest BCUT2D eigenvalue weighted by Gasteiger charge is -2.40. The van der Waals surface area contributed by atoms with Gasteiger partial charge >= 0.3 is 11.9 Å². The Morgan fingerprint density at radius 2 is 1.19 bits per heavy atom. The van der Waals surface area contributed by atoms with Gasteiger partial charge in [0.05, 0.1) is 0 Å².